The molecule has 21 heavy (non-hydrogen) atoms. The highest BCUT2D eigenvalue weighted by Crippen LogP contribution is 2.16. The van der Waals surface area contributed by atoms with Crippen LogP contribution in [-0.4, -0.2) is 16.7 Å². The molecule has 2 aromatic carbocycles. The number of H-pyrrole nitrogens is 1. The number of hydrogen-bond acceptors (Lipinski definition) is 3. The first-order valence-corrected chi connectivity index (χ1v) is 6.57. The first kappa shape index (κ1) is 13.5. The van der Waals surface area contributed by atoms with Crippen molar-refractivity contribution < 1.29 is 4.74 Å². The summed E-state index contributed by atoms with van der Waals surface area (Å²) in [5.41, 5.74) is -0.0733. The fraction of sp³-hybridized carbons (Fsp3) is 0.0667. The second-order valence-electron chi connectivity index (χ2n) is 4.46. The third-order valence-electron chi connectivity index (χ3n) is 3.17. The monoisotopic (exact) mass is 302 g/mol. The van der Waals surface area contributed by atoms with Crippen molar-refractivity contribution in [1.29, 1.82) is 0 Å². The summed E-state index contributed by atoms with van der Waals surface area (Å²) in [6.07, 6.45) is 0. The molecule has 5 nitrogen and oxygen atoms in total. The van der Waals surface area contributed by atoms with Crippen molar-refractivity contribution >= 4 is 22.5 Å². The van der Waals surface area contributed by atoms with Crippen LogP contribution in [0.5, 0.6) is 5.75 Å². The zero-order valence-corrected chi connectivity index (χ0v) is 11.8. The second-order valence-corrected chi connectivity index (χ2v) is 4.90. The van der Waals surface area contributed by atoms with E-state index in [1.54, 1.807) is 42.5 Å². The number of fused-ring (bicyclic) bond motifs is 1. The highest BCUT2D eigenvalue weighted by atomic mass is 35.5. The van der Waals surface area contributed by atoms with E-state index in [-0.39, 0.29) is 0 Å². The fourth-order valence-corrected chi connectivity index (χ4v) is 2.35. The molecule has 106 valence electrons. The van der Waals surface area contributed by atoms with Crippen LogP contribution >= 0.6 is 11.6 Å². The number of methoxy groups -OCH3 is 1. The van der Waals surface area contributed by atoms with Crippen molar-refractivity contribution in [3.63, 3.8) is 0 Å². The number of ether oxygens (including phenoxy) is 1. The highest BCUT2D eigenvalue weighted by molar-refractivity contribution is 6.31. The van der Waals surface area contributed by atoms with Crippen LogP contribution in [0.3, 0.4) is 0 Å². The molecule has 0 amide bonds. The van der Waals surface area contributed by atoms with E-state index in [9.17, 15) is 9.59 Å². The molecule has 0 spiro atoms. The van der Waals surface area contributed by atoms with Gasteiger partial charge in [0.15, 0.2) is 0 Å². The molecule has 0 radical (unpaired) electrons. The van der Waals surface area contributed by atoms with E-state index < -0.39 is 11.2 Å². The highest BCUT2D eigenvalue weighted by Gasteiger charge is 2.10. The molecule has 0 saturated carbocycles. The molecule has 0 aliphatic rings. The van der Waals surface area contributed by atoms with Crippen LogP contribution in [0.1, 0.15) is 0 Å². The van der Waals surface area contributed by atoms with E-state index >= 15 is 0 Å². The Bertz CT molecular complexity index is 944. The molecular formula is C15H11ClN2O3. The van der Waals surface area contributed by atoms with Gasteiger partial charge in [-0.1, -0.05) is 17.7 Å². The standard InChI is InChI=1S/C15H11ClN2O3/c1-21-11-4-2-3-10(8-11)18-14(19)12-6-5-9(16)7-13(12)17-15(18)20/h2-8H,1H3,(H,17,20). The normalized spacial score (nSPS) is 10.8. The van der Waals surface area contributed by atoms with E-state index in [0.29, 0.717) is 27.4 Å². The summed E-state index contributed by atoms with van der Waals surface area (Å²) in [5, 5.41) is 0.846. The van der Waals surface area contributed by atoms with Crippen LogP contribution < -0.4 is 16.0 Å². The second kappa shape index (κ2) is 5.10. The minimum absolute atomic E-state index is 0.391. The van der Waals surface area contributed by atoms with Gasteiger partial charge in [0.05, 0.1) is 23.7 Å². The lowest BCUT2D eigenvalue weighted by Gasteiger charge is -2.08. The molecule has 1 heterocycles. The van der Waals surface area contributed by atoms with E-state index in [2.05, 4.69) is 4.98 Å². The summed E-state index contributed by atoms with van der Waals surface area (Å²) in [6.45, 7) is 0. The minimum Gasteiger partial charge on any atom is -0.497 e. The van der Waals surface area contributed by atoms with Crippen LogP contribution in [0.2, 0.25) is 5.02 Å². The summed E-state index contributed by atoms with van der Waals surface area (Å²) in [5.74, 6) is 0.565. The topological polar surface area (TPSA) is 64.1 Å². The van der Waals surface area contributed by atoms with Gasteiger partial charge >= 0.3 is 5.69 Å². The largest absolute Gasteiger partial charge is 0.497 e. The molecule has 0 bridgehead atoms. The van der Waals surface area contributed by atoms with Gasteiger partial charge in [0.2, 0.25) is 0 Å². The van der Waals surface area contributed by atoms with Crippen LogP contribution in [0, 0.1) is 0 Å². The average Bonchev–Trinajstić information content (AvgIpc) is 2.47. The first-order chi connectivity index (χ1) is 10.1. The Morgan fingerprint density at radius 2 is 1.95 bits per heavy atom. The van der Waals surface area contributed by atoms with Gasteiger partial charge in [0.1, 0.15) is 5.75 Å². The fourth-order valence-electron chi connectivity index (χ4n) is 2.17. The SMILES string of the molecule is COc1cccc(-n2c(=O)[nH]c3cc(Cl)ccc3c2=O)c1. The molecule has 0 atom stereocenters. The van der Waals surface area contributed by atoms with Crippen molar-refractivity contribution in [2.75, 3.05) is 7.11 Å². The van der Waals surface area contributed by atoms with Crippen LogP contribution in [-0.2, 0) is 0 Å². The molecule has 0 fully saturated rings. The van der Waals surface area contributed by atoms with Gasteiger partial charge in [-0.25, -0.2) is 9.36 Å². The predicted molar refractivity (Wildman–Crippen MR) is 81.7 cm³/mol. The Labute approximate surface area is 124 Å². The minimum atomic E-state index is -0.525. The number of nitrogens with one attached hydrogen (secondary N) is 1. The number of benzene rings is 2. The molecule has 6 heteroatoms. The van der Waals surface area contributed by atoms with E-state index in [1.807, 2.05) is 0 Å². The molecule has 3 aromatic rings. The first-order valence-electron chi connectivity index (χ1n) is 6.19. The maximum absolute atomic E-state index is 12.5. The third kappa shape index (κ3) is 2.32. The lowest BCUT2D eigenvalue weighted by Crippen LogP contribution is -2.33. The van der Waals surface area contributed by atoms with Gasteiger partial charge < -0.3 is 9.72 Å². The van der Waals surface area contributed by atoms with Crippen LogP contribution in [0.25, 0.3) is 16.6 Å². The number of hydrogen-bond donors (Lipinski definition) is 1. The molecular weight excluding hydrogens is 292 g/mol. The van der Waals surface area contributed by atoms with Crippen LogP contribution in [0.15, 0.2) is 52.1 Å². The number of aromatic nitrogens is 2. The smallest absolute Gasteiger partial charge is 0.333 e. The van der Waals surface area contributed by atoms with Gasteiger partial charge in [-0.2, -0.15) is 0 Å². The molecule has 1 N–H and O–H groups in total. The lowest BCUT2D eigenvalue weighted by molar-refractivity contribution is 0.414. The number of rotatable bonds is 2. The quantitative estimate of drug-likeness (QED) is 0.790. The van der Waals surface area contributed by atoms with E-state index in [1.165, 1.54) is 7.11 Å². The molecule has 0 saturated heterocycles. The number of halogens is 1. The van der Waals surface area contributed by atoms with Gasteiger partial charge in [-0.3, -0.25) is 4.79 Å². The van der Waals surface area contributed by atoms with E-state index in [0.717, 1.165) is 4.57 Å². The molecule has 0 aliphatic carbocycles. The Balaban J connectivity index is 2.35. The Kier molecular flexibility index (Phi) is 3.27. The summed E-state index contributed by atoms with van der Waals surface area (Å²) in [4.78, 5) is 27.4. The van der Waals surface area contributed by atoms with E-state index in [4.69, 9.17) is 16.3 Å². The number of nitrogens with zero attached hydrogens (tertiary/aromatic N) is 1. The molecule has 3 rings (SSSR count). The summed E-state index contributed by atoms with van der Waals surface area (Å²) in [6, 6.07) is 11.5. The van der Waals surface area contributed by atoms with Crippen LogP contribution in [0.4, 0.5) is 0 Å². The van der Waals surface area contributed by atoms with Gasteiger partial charge in [-0.05, 0) is 30.3 Å². The molecule has 1 aromatic heterocycles. The zero-order valence-electron chi connectivity index (χ0n) is 11.1. The summed E-state index contributed by atoms with van der Waals surface area (Å²) in [7, 11) is 1.52. The Morgan fingerprint density at radius 3 is 2.71 bits per heavy atom. The van der Waals surface area contributed by atoms with Gasteiger partial charge in [-0.15, -0.1) is 0 Å². The van der Waals surface area contributed by atoms with Crippen molar-refractivity contribution in [1.82, 2.24) is 9.55 Å². The Morgan fingerprint density at radius 1 is 1.14 bits per heavy atom. The summed E-state index contributed by atoms with van der Waals surface area (Å²) < 4.78 is 6.18. The summed E-state index contributed by atoms with van der Waals surface area (Å²) >= 11 is 5.87. The predicted octanol–water partition coefficient (Wildman–Crippen LogP) is 2.34. The average molecular weight is 303 g/mol. The maximum atomic E-state index is 12.5. The lowest BCUT2D eigenvalue weighted by atomic mass is 10.2. The maximum Gasteiger partial charge on any atom is 0.333 e. The van der Waals surface area contributed by atoms with Gasteiger partial charge in [0, 0.05) is 11.1 Å². The van der Waals surface area contributed by atoms with Gasteiger partial charge in [0.25, 0.3) is 5.56 Å². The zero-order chi connectivity index (χ0) is 15.0. The van der Waals surface area contributed by atoms with Crippen molar-refractivity contribution in [2.24, 2.45) is 0 Å². The Hall–Kier alpha value is -2.53. The van der Waals surface area contributed by atoms with Crippen molar-refractivity contribution in [3.8, 4) is 11.4 Å². The molecule has 0 aliphatic heterocycles. The van der Waals surface area contributed by atoms with Crippen molar-refractivity contribution in [2.45, 2.75) is 0 Å². The number of aromatic amines is 1. The molecule has 0 unspecified atom stereocenters. The van der Waals surface area contributed by atoms with Crippen molar-refractivity contribution in [3.05, 3.63) is 68.3 Å². The third-order valence-corrected chi connectivity index (χ3v) is 3.41.